The smallest absolute Gasteiger partial charge is 0.243 e. The molecular formula is C19H18FN5O2. The van der Waals surface area contributed by atoms with Crippen molar-refractivity contribution >= 4 is 17.5 Å². The molecule has 2 aromatic carbocycles. The molecule has 2 amide bonds. The largest absolute Gasteiger partial charge is 0.347 e. The fraction of sp³-hybridized carbons (Fsp3) is 0.158. The summed E-state index contributed by atoms with van der Waals surface area (Å²) in [5.74, 6) is -1.09. The van der Waals surface area contributed by atoms with E-state index in [0.29, 0.717) is 17.8 Å². The molecule has 3 aromatic rings. The van der Waals surface area contributed by atoms with Crippen LogP contribution in [0.4, 0.5) is 10.1 Å². The topological polar surface area (TPSA) is 88.9 Å². The third-order valence-electron chi connectivity index (χ3n) is 3.75. The number of halogens is 1. The fourth-order valence-corrected chi connectivity index (χ4v) is 2.47. The molecule has 2 N–H and O–H groups in total. The third-order valence-corrected chi connectivity index (χ3v) is 3.75. The van der Waals surface area contributed by atoms with Crippen LogP contribution in [0.5, 0.6) is 0 Å². The van der Waals surface area contributed by atoms with Gasteiger partial charge in [0.05, 0.1) is 19.5 Å². The van der Waals surface area contributed by atoms with Crippen LogP contribution in [0.2, 0.25) is 0 Å². The van der Waals surface area contributed by atoms with E-state index in [1.165, 1.54) is 24.5 Å². The van der Waals surface area contributed by atoms with Crippen molar-refractivity contribution < 1.29 is 14.0 Å². The van der Waals surface area contributed by atoms with Gasteiger partial charge in [-0.2, -0.15) is 5.10 Å². The normalized spacial score (nSPS) is 10.4. The number of carbonyl (C=O) groups excluding carboxylic acids is 2. The van der Waals surface area contributed by atoms with E-state index >= 15 is 0 Å². The van der Waals surface area contributed by atoms with Crippen LogP contribution in [0.15, 0.2) is 61.2 Å². The lowest BCUT2D eigenvalue weighted by atomic mass is 10.1. The number of hydrogen-bond acceptors (Lipinski definition) is 4. The summed E-state index contributed by atoms with van der Waals surface area (Å²) in [4.78, 5) is 27.7. The van der Waals surface area contributed by atoms with Crippen molar-refractivity contribution in [3.8, 4) is 0 Å². The van der Waals surface area contributed by atoms with E-state index < -0.39 is 5.82 Å². The van der Waals surface area contributed by atoms with Crippen LogP contribution in [0.3, 0.4) is 0 Å². The highest BCUT2D eigenvalue weighted by atomic mass is 19.1. The molecule has 138 valence electrons. The Morgan fingerprint density at radius 2 is 1.85 bits per heavy atom. The third kappa shape index (κ3) is 5.74. The summed E-state index contributed by atoms with van der Waals surface area (Å²) in [6.07, 6.45) is 3.11. The Balaban J connectivity index is 1.44. The van der Waals surface area contributed by atoms with Crippen LogP contribution in [-0.2, 0) is 22.6 Å². The molecule has 0 spiro atoms. The number of nitrogens with one attached hydrogen (secondary N) is 2. The minimum Gasteiger partial charge on any atom is -0.347 e. The first-order valence-corrected chi connectivity index (χ1v) is 8.31. The maximum absolute atomic E-state index is 13.1. The number of anilines is 1. The summed E-state index contributed by atoms with van der Waals surface area (Å²) < 4.78 is 14.8. The van der Waals surface area contributed by atoms with Crippen LogP contribution in [0, 0.1) is 5.82 Å². The first kappa shape index (κ1) is 18.2. The molecule has 8 heteroatoms. The van der Waals surface area contributed by atoms with Crippen molar-refractivity contribution in [2.45, 2.75) is 13.0 Å². The molecule has 0 saturated carbocycles. The van der Waals surface area contributed by atoms with E-state index in [9.17, 15) is 14.0 Å². The maximum atomic E-state index is 13.1. The van der Waals surface area contributed by atoms with Crippen LogP contribution in [-0.4, -0.2) is 33.1 Å². The number of hydrogen-bond donors (Lipinski definition) is 2. The molecule has 1 heterocycles. The molecule has 1 aromatic heterocycles. The zero-order valence-electron chi connectivity index (χ0n) is 14.4. The summed E-state index contributed by atoms with van der Waals surface area (Å²) in [5, 5.41) is 9.26. The average molecular weight is 367 g/mol. The molecule has 0 bridgehead atoms. The summed E-state index contributed by atoms with van der Waals surface area (Å²) in [6.45, 7) is 0.430. The number of aromatic nitrogens is 3. The van der Waals surface area contributed by atoms with Crippen molar-refractivity contribution in [3.05, 3.63) is 78.1 Å². The van der Waals surface area contributed by atoms with Crippen molar-refractivity contribution in [2.75, 3.05) is 11.9 Å². The quantitative estimate of drug-likeness (QED) is 0.666. The lowest BCUT2D eigenvalue weighted by molar-refractivity contribution is -0.123. The van der Waals surface area contributed by atoms with Crippen LogP contribution < -0.4 is 10.6 Å². The highest BCUT2D eigenvalue weighted by Gasteiger charge is 2.08. The average Bonchev–Trinajstić information content (AvgIpc) is 3.15. The van der Waals surface area contributed by atoms with E-state index in [0.717, 1.165) is 5.56 Å². The van der Waals surface area contributed by atoms with Gasteiger partial charge in [0.25, 0.3) is 0 Å². The maximum Gasteiger partial charge on any atom is 0.243 e. The molecule has 0 atom stereocenters. The van der Waals surface area contributed by atoms with Gasteiger partial charge >= 0.3 is 0 Å². The summed E-state index contributed by atoms with van der Waals surface area (Å²) >= 11 is 0. The highest BCUT2D eigenvalue weighted by Crippen LogP contribution is 2.10. The van der Waals surface area contributed by atoms with Crippen molar-refractivity contribution in [1.82, 2.24) is 20.1 Å². The van der Waals surface area contributed by atoms with Gasteiger partial charge in [0.1, 0.15) is 18.5 Å². The van der Waals surface area contributed by atoms with Gasteiger partial charge in [-0.25, -0.2) is 14.1 Å². The lowest BCUT2D eigenvalue weighted by Gasteiger charge is -2.08. The Hall–Kier alpha value is -3.55. The minimum atomic E-state index is -0.398. The number of benzene rings is 2. The summed E-state index contributed by atoms with van der Waals surface area (Å²) in [7, 11) is 0. The Bertz CT molecular complexity index is 910. The zero-order valence-corrected chi connectivity index (χ0v) is 14.4. The predicted molar refractivity (Wildman–Crippen MR) is 97.3 cm³/mol. The van der Waals surface area contributed by atoms with Gasteiger partial charge in [0.2, 0.25) is 11.8 Å². The van der Waals surface area contributed by atoms with E-state index in [1.807, 2.05) is 12.1 Å². The minimum absolute atomic E-state index is 0.0159. The number of amides is 2. The first-order chi connectivity index (χ1) is 13.1. The second-order valence-corrected chi connectivity index (χ2v) is 5.92. The molecule has 3 rings (SSSR count). The molecule has 0 aliphatic rings. The van der Waals surface area contributed by atoms with Gasteiger partial charge < -0.3 is 10.6 Å². The fourth-order valence-electron chi connectivity index (χ4n) is 2.47. The van der Waals surface area contributed by atoms with Crippen molar-refractivity contribution in [3.63, 3.8) is 0 Å². The molecule has 0 radical (unpaired) electrons. The van der Waals surface area contributed by atoms with Crippen molar-refractivity contribution in [1.29, 1.82) is 0 Å². The SMILES string of the molecule is O=C(Cc1cccc(F)c1)NCC(=O)Nc1ccc(Cn2cncn2)cc1. The second kappa shape index (κ2) is 8.70. The van der Waals surface area contributed by atoms with E-state index in [4.69, 9.17) is 0 Å². The molecule has 0 unspecified atom stereocenters. The standard InChI is InChI=1S/C19H18FN5O2/c20-16-3-1-2-15(8-16)9-18(26)22-10-19(27)24-17-6-4-14(5-7-17)11-25-13-21-12-23-25/h1-8,12-13H,9-11H2,(H,22,26)(H,24,27). The molecular weight excluding hydrogens is 349 g/mol. The molecule has 0 fully saturated rings. The van der Waals surface area contributed by atoms with Gasteiger partial charge in [-0.15, -0.1) is 0 Å². The Kier molecular flexibility index (Phi) is 5.88. The van der Waals surface area contributed by atoms with Gasteiger partial charge in [-0.3, -0.25) is 9.59 Å². The lowest BCUT2D eigenvalue weighted by Crippen LogP contribution is -2.33. The van der Waals surface area contributed by atoms with E-state index in [1.54, 1.807) is 29.2 Å². The number of carbonyl (C=O) groups is 2. The molecule has 7 nitrogen and oxygen atoms in total. The predicted octanol–water partition coefficient (Wildman–Crippen LogP) is 1.76. The van der Waals surface area contributed by atoms with Gasteiger partial charge in [-0.1, -0.05) is 24.3 Å². The number of rotatable bonds is 7. The summed E-state index contributed by atoms with van der Waals surface area (Å²) in [5.41, 5.74) is 2.19. The molecule has 0 aliphatic carbocycles. The van der Waals surface area contributed by atoms with Gasteiger partial charge in [-0.05, 0) is 35.4 Å². The molecule has 0 saturated heterocycles. The zero-order chi connectivity index (χ0) is 19.1. The Morgan fingerprint density at radius 1 is 1.04 bits per heavy atom. The van der Waals surface area contributed by atoms with Gasteiger partial charge in [0, 0.05) is 5.69 Å². The van der Waals surface area contributed by atoms with E-state index in [2.05, 4.69) is 20.7 Å². The van der Waals surface area contributed by atoms with Gasteiger partial charge in [0.15, 0.2) is 0 Å². The Labute approximate surface area is 155 Å². The summed E-state index contributed by atoms with van der Waals surface area (Å²) in [6, 6.07) is 13.1. The monoisotopic (exact) mass is 367 g/mol. The molecule has 0 aliphatic heterocycles. The Morgan fingerprint density at radius 3 is 2.56 bits per heavy atom. The molecule has 27 heavy (non-hydrogen) atoms. The van der Waals surface area contributed by atoms with Crippen LogP contribution >= 0.6 is 0 Å². The van der Waals surface area contributed by atoms with E-state index in [-0.39, 0.29) is 24.8 Å². The first-order valence-electron chi connectivity index (χ1n) is 8.31. The van der Waals surface area contributed by atoms with Crippen LogP contribution in [0.25, 0.3) is 0 Å². The second-order valence-electron chi connectivity index (χ2n) is 5.92. The number of nitrogens with zero attached hydrogens (tertiary/aromatic N) is 3. The van der Waals surface area contributed by atoms with Crippen LogP contribution in [0.1, 0.15) is 11.1 Å². The van der Waals surface area contributed by atoms with Crippen molar-refractivity contribution in [2.24, 2.45) is 0 Å². The highest BCUT2D eigenvalue weighted by molar-refractivity contribution is 5.94.